The lowest BCUT2D eigenvalue weighted by molar-refractivity contribution is 0.626. The van der Waals surface area contributed by atoms with Crippen LogP contribution >= 0.6 is 23.4 Å². The molecule has 0 fully saturated rings. The number of thioether (sulfide) groups is 1. The predicted molar refractivity (Wildman–Crippen MR) is 64.6 cm³/mol. The van der Waals surface area contributed by atoms with Gasteiger partial charge in [0.2, 0.25) is 5.43 Å². The van der Waals surface area contributed by atoms with Crippen molar-refractivity contribution >= 4 is 23.4 Å². The molecule has 0 saturated heterocycles. The molecule has 1 aromatic rings. The lowest BCUT2D eigenvalue weighted by Crippen LogP contribution is -2.14. The third-order valence-electron chi connectivity index (χ3n) is 2.26. The van der Waals surface area contributed by atoms with Crippen LogP contribution in [0.25, 0.3) is 0 Å². The van der Waals surface area contributed by atoms with E-state index in [4.69, 9.17) is 11.6 Å². The zero-order valence-corrected chi connectivity index (χ0v) is 10.9. The molecule has 1 heterocycles. The number of aromatic nitrogens is 2. The minimum absolute atomic E-state index is 0.0269. The Balaban J connectivity index is 2.96. The van der Waals surface area contributed by atoms with Crippen molar-refractivity contribution in [2.75, 3.05) is 0 Å². The van der Waals surface area contributed by atoms with Gasteiger partial charge in [-0.05, 0) is 5.92 Å². The van der Waals surface area contributed by atoms with E-state index in [1.807, 2.05) is 0 Å². The van der Waals surface area contributed by atoms with Gasteiger partial charge in [-0.15, -0.1) is 11.8 Å². The number of hydrogen-bond donors (Lipinski definition) is 0. The fraction of sp³-hybridized carbons (Fsp3) is 0.600. The third-order valence-corrected chi connectivity index (χ3v) is 4.06. The molecule has 0 aromatic carbocycles. The summed E-state index contributed by atoms with van der Waals surface area (Å²) >= 11 is 7.27. The molecule has 1 rings (SSSR count). The summed E-state index contributed by atoms with van der Waals surface area (Å²) in [5, 5.41) is 5.26. The Labute approximate surface area is 98.8 Å². The van der Waals surface area contributed by atoms with E-state index in [9.17, 15) is 4.79 Å². The summed E-state index contributed by atoms with van der Waals surface area (Å²) in [6.07, 6.45) is 0. The van der Waals surface area contributed by atoms with E-state index >= 15 is 0 Å². The van der Waals surface area contributed by atoms with Crippen molar-refractivity contribution in [1.29, 1.82) is 0 Å². The van der Waals surface area contributed by atoms with Gasteiger partial charge in [0.1, 0.15) is 0 Å². The van der Waals surface area contributed by atoms with E-state index in [0.717, 1.165) is 5.03 Å². The zero-order chi connectivity index (χ0) is 11.6. The van der Waals surface area contributed by atoms with E-state index in [-0.39, 0.29) is 10.6 Å². The summed E-state index contributed by atoms with van der Waals surface area (Å²) in [6, 6.07) is 1.54. The van der Waals surface area contributed by atoms with Gasteiger partial charge < -0.3 is 0 Å². The van der Waals surface area contributed by atoms with Gasteiger partial charge in [0.05, 0.1) is 5.03 Å². The Kier molecular flexibility index (Phi) is 4.22. The molecular weight excluding hydrogens is 232 g/mol. The number of aryl methyl sites for hydroxylation is 1. The largest absolute Gasteiger partial charge is 0.286 e. The molecule has 0 saturated carbocycles. The van der Waals surface area contributed by atoms with Crippen LogP contribution in [0.1, 0.15) is 20.8 Å². The number of rotatable bonds is 3. The van der Waals surface area contributed by atoms with Gasteiger partial charge in [0, 0.05) is 18.4 Å². The second-order valence-electron chi connectivity index (χ2n) is 3.83. The third kappa shape index (κ3) is 3.24. The zero-order valence-electron chi connectivity index (χ0n) is 9.32. The first-order valence-electron chi connectivity index (χ1n) is 4.82. The van der Waals surface area contributed by atoms with E-state index in [2.05, 4.69) is 25.9 Å². The first-order valence-corrected chi connectivity index (χ1v) is 6.08. The van der Waals surface area contributed by atoms with Gasteiger partial charge in [-0.1, -0.05) is 32.4 Å². The van der Waals surface area contributed by atoms with E-state index in [1.165, 1.54) is 0 Å². The molecule has 0 N–H and O–H groups in total. The highest BCUT2D eigenvalue weighted by Gasteiger charge is 2.12. The molecule has 0 spiro atoms. The summed E-state index contributed by atoms with van der Waals surface area (Å²) < 4.78 is 1.65. The van der Waals surface area contributed by atoms with Crippen LogP contribution < -0.4 is 5.43 Å². The maximum atomic E-state index is 11.3. The molecule has 1 unspecified atom stereocenters. The van der Waals surface area contributed by atoms with Crippen LogP contribution in [0.2, 0.25) is 5.15 Å². The van der Waals surface area contributed by atoms with Crippen LogP contribution in [-0.4, -0.2) is 15.0 Å². The highest BCUT2D eigenvalue weighted by atomic mass is 35.5. The first kappa shape index (κ1) is 12.6. The van der Waals surface area contributed by atoms with Crippen molar-refractivity contribution in [1.82, 2.24) is 9.78 Å². The van der Waals surface area contributed by atoms with Gasteiger partial charge >= 0.3 is 0 Å². The van der Waals surface area contributed by atoms with Crippen molar-refractivity contribution in [2.45, 2.75) is 31.0 Å². The standard InChI is InChI=1S/C10H15ClN2OS/c1-6(2)7(3)15-9-5-8(14)10(11)12-13(9)4/h5-7H,1-4H3. The van der Waals surface area contributed by atoms with Crippen molar-refractivity contribution in [3.63, 3.8) is 0 Å². The average Bonchev–Trinajstić information content (AvgIpc) is 2.13. The quantitative estimate of drug-likeness (QED) is 0.769. The molecule has 1 atom stereocenters. The summed E-state index contributed by atoms with van der Waals surface area (Å²) in [4.78, 5) is 11.3. The topological polar surface area (TPSA) is 34.9 Å². The maximum absolute atomic E-state index is 11.3. The summed E-state index contributed by atoms with van der Waals surface area (Å²) in [7, 11) is 1.79. The second-order valence-corrected chi connectivity index (χ2v) is 5.58. The maximum Gasteiger partial charge on any atom is 0.220 e. The fourth-order valence-corrected chi connectivity index (χ4v) is 2.12. The molecular formula is C10H15ClN2OS. The number of halogens is 1. The highest BCUT2D eigenvalue weighted by Crippen LogP contribution is 2.26. The number of nitrogens with zero attached hydrogens (tertiary/aromatic N) is 2. The van der Waals surface area contributed by atoms with Gasteiger partial charge in [0.25, 0.3) is 0 Å². The van der Waals surface area contributed by atoms with Crippen LogP contribution in [0.3, 0.4) is 0 Å². The van der Waals surface area contributed by atoms with Crippen LogP contribution in [0.5, 0.6) is 0 Å². The molecule has 0 aliphatic carbocycles. The molecule has 0 aliphatic rings. The van der Waals surface area contributed by atoms with E-state index in [0.29, 0.717) is 11.2 Å². The summed E-state index contributed by atoms with van der Waals surface area (Å²) in [6.45, 7) is 6.44. The van der Waals surface area contributed by atoms with Crippen LogP contribution in [0.15, 0.2) is 15.9 Å². The number of hydrogen-bond acceptors (Lipinski definition) is 3. The SMILES string of the molecule is CC(C)C(C)Sc1cc(=O)c(Cl)nn1C. The molecule has 5 heteroatoms. The smallest absolute Gasteiger partial charge is 0.220 e. The average molecular weight is 247 g/mol. The minimum atomic E-state index is -0.215. The summed E-state index contributed by atoms with van der Waals surface area (Å²) in [5.41, 5.74) is -0.215. The molecule has 0 bridgehead atoms. The second kappa shape index (κ2) is 5.03. The van der Waals surface area contributed by atoms with Crippen molar-refractivity contribution in [2.24, 2.45) is 13.0 Å². The molecule has 3 nitrogen and oxygen atoms in total. The molecule has 84 valence electrons. The Hall–Kier alpha value is -0.480. The summed E-state index contributed by atoms with van der Waals surface area (Å²) in [5.74, 6) is 0.556. The van der Waals surface area contributed by atoms with Gasteiger partial charge in [-0.3, -0.25) is 9.48 Å². The molecule has 0 radical (unpaired) electrons. The van der Waals surface area contributed by atoms with Crippen molar-refractivity contribution in [3.8, 4) is 0 Å². The van der Waals surface area contributed by atoms with Crippen molar-refractivity contribution < 1.29 is 0 Å². The van der Waals surface area contributed by atoms with Crippen LogP contribution in [0, 0.1) is 5.92 Å². The highest BCUT2D eigenvalue weighted by molar-refractivity contribution is 7.99. The van der Waals surface area contributed by atoms with Crippen molar-refractivity contribution in [3.05, 3.63) is 21.4 Å². The lowest BCUT2D eigenvalue weighted by atomic mass is 10.2. The van der Waals surface area contributed by atoms with E-state index < -0.39 is 0 Å². The monoisotopic (exact) mass is 246 g/mol. The molecule has 15 heavy (non-hydrogen) atoms. The normalized spacial score (nSPS) is 13.2. The molecule has 1 aromatic heterocycles. The predicted octanol–water partition coefficient (Wildman–Crippen LogP) is 2.57. The Morgan fingerprint density at radius 2 is 2.07 bits per heavy atom. The Bertz CT molecular complexity index is 403. The first-order chi connectivity index (χ1) is 6.91. The Morgan fingerprint density at radius 3 is 2.60 bits per heavy atom. The van der Waals surface area contributed by atoms with Gasteiger partial charge in [0.15, 0.2) is 5.15 Å². The van der Waals surface area contributed by atoms with Gasteiger partial charge in [-0.2, -0.15) is 5.10 Å². The minimum Gasteiger partial charge on any atom is -0.286 e. The fourth-order valence-electron chi connectivity index (χ4n) is 0.932. The van der Waals surface area contributed by atoms with Crippen LogP contribution in [0.4, 0.5) is 0 Å². The van der Waals surface area contributed by atoms with Crippen LogP contribution in [-0.2, 0) is 7.05 Å². The molecule has 0 aliphatic heterocycles. The van der Waals surface area contributed by atoms with E-state index in [1.54, 1.807) is 29.6 Å². The van der Waals surface area contributed by atoms with Gasteiger partial charge in [-0.25, -0.2) is 0 Å². The molecule has 0 amide bonds. The lowest BCUT2D eigenvalue weighted by Gasteiger charge is -2.16. The Morgan fingerprint density at radius 1 is 1.47 bits per heavy atom.